The monoisotopic (exact) mass is 334 g/mol. The molecule has 0 radical (unpaired) electrons. The smallest absolute Gasteiger partial charge is 0.310 e. The van der Waals surface area contributed by atoms with E-state index < -0.39 is 16.9 Å². The molecule has 0 aliphatic carbocycles. The van der Waals surface area contributed by atoms with Gasteiger partial charge in [0, 0.05) is 7.11 Å². The zero-order valence-electron chi connectivity index (χ0n) is 13.7. The molecule has 0 atom stereocenters. The van der Waals surface area contributed by atoms with Gasteiger partial charge in [-0.15, -0.1) is 0 Å². The number of ether oxygens (including phenoxy) is 1. The zero-order valence-corrected chi connectivity index (χ0v) is 13.7. The first-order valence-electron chi connectivity index (χ1n) is 7.39. The first-order chi connectivity index (χ1) is 11.4. The average Bonchev–Trinajstić information content (AvgIpc) is 2.51. The van der Waals surface area contributed by atoms with E-state index >= 15 is 0 Å². The van der Waals surface area contributed by atoms with Gasteiger partial charge in [0.1, 0.15) is 16.5 Å². The van der Waals surface area contributed by atoms with Crippen molar-refractivity contribution in [2.24, 2.45) is 5.92 Å². The van der Waals surface area contributed by atoms with Gasteiger partial charge in [-0.2, -0.15) is 0 Å². The molecule has 2 rings (SSSR count). The number of benzene rings is 1. The van der Waals surface area contributed by atoms with E-state index in [4.69, 9.17) is 9.57 Å². The van der Waals surface area contributed by atoms with Crippen LogP contribution >= 0.6 is 0 Å². The minimum absolute atomic E-state index is 0.0735. The molecule has 128 valence electrons. The molecule has 1 aromatic heterocycles. The minimum atomic E-state index is -0.679. The van der Waals surface area contributed by atoms with E-state index in [1.54, 1.807) is 12.1 Å². The van der Waals surface area contributed by atoms with E-state index in [9.17, 15) is 14.0 Å². The Kier molecular flexibility index (Phi) is 5.70. The highest BCUT2D eigenvalue weighted by molar-refractivity contribution is 5.47. The number of hydrogen-bond acceptors (Lipinski definition) is 4. The van der Waals surface area contributed by atoms with Crippen LogP contribution in [0.4, 0.5) is 4.39 Å². The summed E-state index contributed by atoms with van der Waals surface area (Å²) in [5.74, 6) is -0.349. The van der Waals surface area contributed by atoms with Crippen molar-refractivity contribution in [2.45, 2.75) is 13.8 Å². The predicted octanol–water partition coefficient (Wildman–Crippen LogP) is -0.0265. The quantitative estimate of drug-likeness (QED) is 0.780. The van der Waals surface area contributed by atoms with Gasteiger partial charge in [0.15, 0.2) is 0 Å². The van der Waals surface area contributed by atoms with Crippen LogP contribution in [-0.2, 0) is 4.74 Å². The third-order valence-electron chi connectivity index (χ3n) is 3.06. The van der Waals surface area contributed by atoms with E-state index in [-0.39, 0.29) is 23.4 Å². The fourth-order valence-electron chi connectivity index (χ4n) is 2.09. The fraction of sp³-hybridized carbons (Fsp3) is 0.294. The Balaban J connectivity index is 2.76. The van der Waals surface area contributed by atoms with Crippen molar-refractivity contribution < 1.29 is 14.0 Å². The molecule has 1 N–H and O–H groups in total. The highest BCUT2D eigenvalue weighted by atomic mass is 19.1. The Morgan fingerprint density at radius 3 is 2.58 bits per heavy atom. The average molecular weight is 334 g/mol. The van der Waals surface area contributed by atoms with Gasteiger partial charge < -0.3 is 14.6 Å². The minimum Gasteiger partial charge on any atom is -0.378 e. The molecule has 2 aromatic rings. The molecule has 0 aliphatic heterocycles. The van der Waals surface area contributed by atoms with Gasteiger partial charge >= 0.3 is 11.1 Å². The van der Waals surface area contributed by atoms with Gasteiger partial charge in [-0.05, 0) is 29.7 Å². The largest absolute Gasteiger partial charge is 0.378 e. The molecule has 6 nitrogen and oxygen atoms in total. The molecule has 0 spiro atoms. The predicted molar refractivity (Wildman–Crippen MR) is 88.3 cm³/mol. The van der Waals surface area contributed by atoms with Crippen molar-refractivity contribution >= 4 is 12.2 Å². The Morgan fingerprint density at radius 2 is 1.96 bits per heavy atom. The number of nitrogens with zero attached hydrogens (tertiary/aromatic N) is 1. The third kappa shape index (κ3) is 4.20. The number of rotatable bonds is 5. The van der Waals surface area contributed by atoms with Gasteiger partial charge in [-0.1, -0.05) is 36.8 Å². The second-order valence-corrected chi connectivity index (χ2v) is 5.50. The molecular weight excluding hydrogens is 315 g/mol. The molecule has 24 heavy (non-hydrogen) atoms. The summed E-state index contributed by atoms with van der Waals surface area (Å²) in [5.41, 5.74) is -0.805. The second-order valence-electron chi connectivity index (χ2n) is 5.50. The fourth-order valence-corrected chi connectivity index (χ4v) is 2.09. The van der Waals surface area contributed by atoms with Gasteiger partial charge in [-0.3, -0.25) is 9.59 Å². The molecule has 0 saturated heterocycles. The molecular formula is C17H19FN2O4. The molecule has 7 heteroatoms. The number of aromatic amines is 1. The summed E-state index contributed by atoms with van der Waals surface area (Å²) in [6.45, 7) is 3.54. The summed E-state index contributed by atoms with van der Waals surface area (Å²) < 4.78 is 18.7. The molecule has 1 heterocycles. The van der Waals surface area contributed by atoms with Crippen LogP contribution < -0.4 is 26.7 Å². The molecule has 0 fully saturated rings. The van der Waals surface area contributed by atoms with Gasteiger partial charge in [0.25, 0.3) is 0 Å². The highest BCUT2D eigenvalue weighted by Gasteiger charge is 2.07. The van der Waals surface area contributed by atoms with Crippen molar-refractivity contribution in [2.75, 3.05) is 13.9 Å². The lowest BCUT2D eigenvalue weighted by molar-refractivity contribution is -0.0462. The zero-order chi connectivity index (χ0) is 17.7. The van der Waals surface area contributed by atoms with Gasteiger partial charge in [-0.25, -0.2) is 4.39 Å². The SMILES string of the molecule is COCOn1c(=O)/c(=C/c2cccc(F)c2)[nH]/c(=C/C(C)C)c1=O. The van der Waals surface area contributed by atoms with Crippen LogP contribution in [0, 0.1) is 11.7 Å². The van der Waals surface area contributed by atoms with Crippen LogP contribution in [0.5, 0.6) is 0 Å². The Labute approximate surface area is 137 Å². The molecule has 0 saturated carbocycles. The van der Waals surface area contributed by atoms with Crippen molar-refractivity contribution in [3.63, 3.8) is 0 Å². The molecule has 0 amide bonds. The second kappa shape index (κ2) is 7.74. The van der Waals surface area contributed by atoms with Crippen LogP contribution in [0.15, 0.2) is 33.9 Å². The Hall–Kier alpha value is -2.67. The maximum atomic E-state index is 13.3. The lowest BCUT2D eigenvalue weighted by Gasteiger charge is -2.06. The molecule has 0 bridgehead atoms. The number of hydrogen-bond donors (Lipinski definition) is 1. The van der Waals surface area contributed by atoms with Crippen molar-refractivity contribution in [3.8, 4) is 0 Å². The van der Waals surface area contributed by atoms with Crippen molar-refractivity contribution in [1.29, 1.82) is 0 Å². The molecule has 0 aliphatic rings. The summed E-state index contributed by atoms with van der Waals surface area (Å²) in [7, 11) is 1.38. The number of aromatic nitrogens is 2. The van der Waals surface area contributed by atoms with Gasteiger partial charge in [0.2, 0.25) is 6.79 Å². The van der Waals surface area contributed by atoms with Crippen LogP contribution in [0.2, 0.25) is 0 Å². The summed E-state index contributed by atoms with van der Waals surface area (Å²) in [5, 5.41) is 0.312. The summed E-state index contributed by atoms with van der Waals surface area (Å²) in [6, 6.07) is 5.77. The number of H-pyrrole nitrogens is 1. The normalized spacial score (nSPS) is 12.9. The summed E-state index contributed by atoms with van der Waals surface area (Å²) in [4.78, 5) is 32.6. The highest BCUT2D eigenvalue weighted by Crippen LogP contribution is 2.02. The Morgan fingerprint density at radius 1 is 1.25 bits per heavy atom. The van der Waals surface area contributed by atoms with Crippen LogP contribution in [0.3, 0.4) is 0 Å². The van der Waals surface area contributed by atoms with E-state index in [0.717, 1.165) is 0 Å². The first kappa shape index (κ1) is 17.7. The van der Waals surface area contributed by atoms with Crippen molar-refractivity contribution in [1.82, 2.24) is 9.71 Å². The van der Waals surface area contributed by atoms with Gasteiger partial charge in [0.05, 0.1) is 0 Å². The third-order valence-corrected chi connectivity index (χ3v) is 3.06. The van der Waals surface area contributed by atoms with E-state index in [1.807, 2.05) is 13.8 Å². The van der Waals surface area contributed by atoms with Crippen LogP contribution in [0.25, 0.3) is 12.2 Å². The standard InChI is InChI=1S/C17H19FN2O4/c1-11(2)7-14-16(21)20(24-10-23-3)17(22)15(19-14)9-12-5-4-6-13(18)8-12/h4-9,11,19H,10H2,1-3H3/b14-7+,15-9-. The number of halogens is 1. The number of methoxy groups -OCH3 is 1. The number of nitrogens with one attached hydrogen (secondary N) is 1. The van der Waals surface area contributed by atoms with E-state index in [1.165, 1.54) is 31.4 Å². The van der Waals surface area contributed by atoms with Crippen LogP contribution in [0.1, 0.15) is 19.4 Å². The maximum absolute atomic E-state index is 13.3. The Bertz CT molecular complexity index is 944. The summed E-state index contributed by atoms with van der Waals surface area (Å²) in [6.07, 6.45) is 3.13. The summed E-state index contributed by atoms with van der Waals surface area (Å²) >= 11 is 0. The topological polar surface area (TPSA) is 73.3 Å². The lowest BCUT2D eigenvalue weighted by Crippen LogP contribution is -2.55. The lowest BCUT2D eigenvalue weighted by atomic mass is 10.2. The molecule has 0 unspecified atom stereocenters. The maximum Gasteiger partial charge on any atom is 0.310 e. The molecule has 1 aromatic carbocycles. The van der Waals surface area contributed by atoms with E-state index in [0.29, 0.717) is 10.3 Å². The van der Waals surface area contributed by atoms with Crippen molar-refractivity contribution in [3.05, 3.63) is 67.1 Å². The first-order valence-corrected chi connectivity index (χ1v) is 7.39. The van der Waals surface area contributed by atoms with Crippen LogP contribution in [-0.4, -0.2) is 23.6 Å². The van der Waals surface area contributed by atoms with E-state index in [2.05, 4.69) is 4.98 Å².